The largest absolute Gasteiger partial charge is 0.493 e. The van der Waals surface area contributed by atoms with Crippen LogP contribution >= 0.6 is 0 Å². The fourth-order valence-electron chi connectivity index (χ4n) is 4.01. The standard InChI is InChI=1S/C24H33N3O4S/c1-5-15-32(29)25-21-11-9-19(10-12-21)24(28)27-14-13-26(16-18(27)2)17-20-7-6-8-22(30-3)23(20)31-4/h6-12,18,25H,5,13-17H2,1-4H3. The zero-order valence-corrected chi connectivity index (χ0v) is 20.1. The molecule has 0 saturated carbocycles. The van der Waals surface area contributed by atoms with Crippen LogP contribution in [0.4, 0.5) is 5.69 Å². The quantitative estimate of drug-likeness (QED) is 0.621. The molecule has 32 heavy (non-hydrogen) atoms. The molecular formula is C24H33N3O4S. The highest BCUT2D eigenvalue weighted by Crippen LogP contribution is 2.32. The number of anilines is 1. The Hall–Kier alpha value is -2.58. The minimum Gasteiger partial charge on any atom is -0.493 e. The molecule has 1 amide bonds. The number of carbonyl (C=O) groups excluding carboxylic acids is 1. The molecular weight excluding hydrogens is 426 g/mol. The molecule has 2 unspecified atom stereocenters. The van der Waals surface area contributed by atoms with Crippen LogP contribution in [0.15, 0.2) is 42.5 Å². The van der Waals surface area contributed by atoms with E-state index in [9.17, 15) is 9.00 Å². The number of rotatable bonds is 9. The third-order valence-corrected chi connectivity index (χ3v) is 6.85. The van der Waals surface area contributed by atoms with Crippen LogP contribution in [0, 0.1) is 0 Å². The molecule has 1 aliphatic heterocycles. The van der Waals surface area contributed by atoms with Gasteiger partial charge in [0.25, 0.3) is 5.91 Å². The van der Waals surface area contributed by atoms with E-state index >= 15 is 0 Å². The highest BCUT2D eigenvalue weighted by atomic mass is 32.2. The lowest BCUT2D eigenvalue weighted by Crippen LogP contribution is -2.53. The average molecular weight is 460 g/mol. The molecule has 0 radical (unpaired) electrons. The summed E-state index contributed by atoms with van der Waals surface area (Å²) in [5.41, 5.74) is 2.48. The fourth-order valence-corrected chi connectivity index (χ4v) is 4.88. The van der Waals surface area contributed by atoms with E-state index < -0.39 is 11.0 Å². The van der Waals surface area contributed by atoms with E-state index in [0.29, 0.717) is 17.9 Å². The minimum atomic E-state index is -1.09. The Kier molecular flexibility index (Phi) is 8.53. The number of carbonyl (C=O) groups is 1. The van der Waals surface area contributed by atoms with Gasteiger partial charge in [-0.1, -0.05) is 19.1 Å². The van der Waals surface area contributed by atoms with Crippen molar-refractivity contribution in [3.05, 3.63) is 53.6 Å². The summed E-state index contributed by atoms with van der Waals surface area (Å²) in [7, 11) is 2.20. The monoisotopic (exact) mass is 459 g/mol. The van der Waals surface area contributed by atoms with E-state index in [-0.39, 0.29) is 11.9 Å². The van der Waals surface area contributed by atoms with Crippen LogP contribution in [0.5, 0.6) is 11.5 Å². The van der Waals surface area contributed by atoms with Crippen LogP contribution in [-0.4, -0.2) is 65.6 Å². The molecule has 1 N–H and O–H groups in total. The summed E-state index contributed by atoms with van der Waals surface area (Å²) in [6.07, 6.45) is 0.852. The van der Waals surface area contributed by atoms with Crippen molar-refractivity contribution < 1.29 is 18.5 Å². The van der Waals surface area contributed by atoms with E-state index in [1.165, 1.54) is 0 Å². The second-order valence-corrected chi connectivity index (χ2v) is 9.27. The van der Waals surface area contributed by atoms with Gasteiger partial charge in [-0.2, -0.15) is 0 Å². The SMILES string of the molecule is CCCS(=O)Nc1ccc(C(=O)N2CCN(Cc3cccc(OC)c3OC)CC2C)cc1. The van der Waals surface area contributed by atoms with Gasteiger partial charge in [-0.15, -0.1) is 0 Å². The summed E-state index contributed by atoms with van der Waals surface area (Å²) in [5.74, 6) is 2.11. The molecule has 1 aliphatic rings. The van der Waals surface area contributed by atoms with Crippen LogP contribution in [0.25, 0.3) is 0 Å². The van der Waals surface area contributed by atoms with Gasteiger partial charge in [-0.05, 0) is 43.7 Å². The van der Waals surface area contributed by atoms with Gasteiger partial charge in [-0.3, -0.25) is 9.69 Å². The predicted molar refractivity (Wildman–Crippen MR) is 129 cm³/mol. The smallest absolute Gasteiger partial charge is 0.254 e. The fraction of sp³-hybridized carbons (Fsp3) is 0.458. The van der Waals surface area contributed by atoms with Crippen molar-refractivity contribution in [2.45, 2.75) is 32.9 Å². The molecule has 0 aliphatic carbocycles. The van der Waals surface area contributed by atoms with Crippen molar-refractivity contribution in [2.24, 2.45) is 0 Å². The van der Waals surface area contributed by atoms with E-state index in [0.717, 1.165) is 48.8 Å². The molecule has 0 spiro atoms. The lowest BCUT2D eigenvalue weighted by molar-refractivity contribution is 0.0474. The van der Waals surface area contributed by atoms with Crippen molar-refractivity contribution in [1.82, 2.24) is 9.80 Å². The minimum absolute atomic E-state index is 0.0253. The van der Waals surface area contributed by atoms with E-state index in [1.807, 2.05) is 42.2 Å². The molecule has 1 heterocycles. The zero-order valence-electron chi connectivity index (χ0n) is 19.3. The lowest BCUT2D eigenvalue weighted by Gasteiger charge is -2.40. The Balaban J connectivity index is 1.61. The molecule has 174 valence electrons. The van der Waals surface area contributed by atoms with Gasteiger partial charge in [0, 0.05) is 54.8 Å². The normalized spacial score (nSPS) is 17.6. The van der Waals surface area contributed by atoms with Crippen LogP contribution in [0.2, 0.25) is 0 Å². The molecule has 8 heteroatoms. The van der Waals surface area contributed by atoms with Gasteiger partial charge < -0.3 is 19.1 Å². The summed E-state index contributed by atoms with van der Waals surface area (Å²) < 4.78 is 25.8. The van der Waals surface area contributed by atoms with Crippen LogP contribution in [0.3, 0.4) is 0 Å². The Morgan fingerprint density at radius 1 is 1.12 bits per heavy atom. The Morgan fingerprint density at radius 2 is 1.88 bits per heavy atom. The molecule has 1 fully saturated rings. The summed E-state index contributed by atoms with van der Waals surface area (Å²) in [5, 5.41) is 0. The number of piperazine rings is 1. The number of nitrogens with zero attached hydrogens (tertiary/aromatic N) is 2. The van der Waals surface area contributed by atoms with Crippen LogP contribution in [0.1, 0.15) is 36.2 Å². The Bertz CT molecular complexity index is 935. The first kappa shape index (κ1) is 24.1. The number of amides is 1. The number of hydrogen-bond donors (Lipinski definition) is 1. The first-order valence-corrected chi connectivity index (χ1v) is 12.3. The highest BCUT2D eigenvalue weighted by molar-refractivity contribution is 7.86. The van der Waals surface area contributed by atoms with Gasteiger partial charge in [0.15, 0.2) is 11.5 Å². The summed E-state index contributed by atoms with van der Waals surface area (Å²) in [6.45, 7) is 7.04. The number of methoxy groups -OCH3 is 2. The summed E-state index contributed by atoms with van der Waals surface area (Å²) in [6, 6.07) is 13.2. The molecule has 2 aromatic carbocycles. The Labute approximate surface area is 193 Å². The summed E-state index contributed by atoms with van der Waals surface area (Å²) >= 11 is 0. The number of para-hydroxylation sites is 1. The second kappa shape index (κ2) is 11.3. The number of hydrogen-bond acceptors (Lipinski definition) is 5. The van der Waals surface area contributed by atoms with Crippen molar-refractivity contribution in [1.29, 1.82) is 0 Å². The van der Waals surface area contributed by atoms with Gasteiger partial charge >= 0.3 is 0 Å². The highest BCUT2D eigenvalue weighted by Gasteiger charge is 2.28. The van der Waals surface area contributed by atoms with Crippen molar-refractivity contribution in [3.63, 3.8) is 0 Å². The van der Waals surface area contributed by atoms with Gasteiger partial charge in [0.05, 0.1) is 14.2 Å². The van der Waals surface area contributed by atoms with Crippen molar-refractivity contribution in [3.8, 4) is 11.5 Å². The van der Waals surface area contributed by atoms with E-state index in [1.54, 1.807) is 26.4 Å². The third kappa shape index (κ3) is 5.81. The molecule has 7 nitrogen and oxygen atoms in total. The average Bonchev–Trinajstić information content (AvgIpc) is 2.79. The van der Waals surface area contributed by atoms with Gasteiger partial charge in [0.2, 0.25) is 0 Å². The molecule has 0 aromatic heterocycles. The third-order valence-electron chi connectivity index (χ3n) is 5.60. The number of benzene rings is 2. The maximum absolute atomic E-state index is 13.1. The molecule has 0 bridgehead atoms. The summed E-state index contributed by atoms with van der Waals surface area (Å²) in [4.78, 5) is 17.3. The van der Waals surface area contributed by atoms with Crippen molar-refractivity contribution in [2.75, 3.05) is 44.3 Å². The van der Waals surface area contributed by atoms with Crippen LogP contribution in [-0.2, 0) is 17.5 Å². The maximum atomic E-state index is 13.1. The first-order chi connectivity index (χ1) is 15.5. The molecule has 3 rings (SSSR count). The Morgan fingerprint density at radius 3 is 2.50 bits per heavy atom. The van der Waals surface area contributed by atoms with Gasteiger partial charge in [0.1, 0.15) is 11.0 Å². The molecule has 1 saturated heterocycles. The van der Waals surface area contributed by atoms with E-state index in [4.69, 9.17) is 9.47 Å². The first-order valence-electron chi connectivity index (χ1n) is 10.9. The topological polar surface area (TPSA) is 71.1 Å². The van der Waals surface area contributed by atoms with Crippen molar-refractivity contribution >= 4 is 22.6 Å². The number of ether oxygens (including phenoxy) is 2. The lowest BCUT2D eigenvalue weighted by atomic mass is 10.1. The second-order valence-electron chi connectivity index (χ2n) is 7.96. The molecule has 2 aromatic rings. The van der Waals surface area contributed by atoms with Gasteiger partial charge in [-0.25, -0.2) is 4.21 Å². The van der Waals surface area contributed by atoms with Crippen LogP contribution < -0.4 is 14.2 Å². The predicted octanol–water partition coefficient (Wildman–Crippen LogP) is 3.54. The molecule has 2 atom stereocenters. The van der Waals surface area contributed by atoms with E-state index in [2.05, 4.69) is 16.5 Å². The number of nitrogens with one attached hydrogen (secondary N) is 1. The maximum Gasteiger partial charge on any atom is 0.254 e. The zero-order chi connectivity index (χ0) is 23.1.